The Morgan fingerprint density at radius 1 is 1.36 bits per heavy atom. The zero-order valence-electron chi connectivity index (χ0n) is 13.8. The van der Waals surface area contributed by atoms with Crippen molar-refractivity contribution in [3.63, 3.8) is 0 Å². The van der Waals surface area contributed by atoms with E-state index in [-0.39, 0.29) is 0 Å². The molecule has 4 rings (SSSR count). The normalized spacial score (nSPS) is 14.4. The molecule has 0 bridgehead atoms. The highest BCUT2D eigenvalue weighted by molar-refractivity contribution is 9.11. The maximum atomic E-state index is 5.73. The van der Waals surface area contributed by atoms with E-state index in [0.717, 1.165) is 26.5 Å². The third-order valence-electron chi connectivity index (χ3n) is 4.17. The first-order valence-corrected chi connectivity index (χ1v) is 10.2. The second-order valence-electron chi connectivity index (χ2n) is 6.36. The summed E-state index contributed by atoms with van der Waals surface area (Å²) in [6, 6.07) is 6.63. The van der Waals surface area contributed by atoms with E-state index in [1.807, 2.05) is 16.8 Å². The van der Waals surface area contributed by atoms with Crippen molar-refractivity contribution in [2.45, 2.75) is 32.1 Å². The number of thiophene rings is 1. The van der Waals surface area contributed by atoms with Crippen LogP contribution in [-0.2, 0) is 13.2 Å². The summed E-state index contributed by atoms with van der Waals surface area (Å²) in [5.74, 6) is 0.946. The predicted octanol–water partition coefficient (Wildman–Crippen LogP) is 4.72. The minimum Gasteiger partial charge on any atom is -0.297 e. The van der Waals surface area contributed by atoms with Crippen LogP contribution >= 0.6 is 39.5 Å². The quantitative estimate of drug-likeness (QED) is 0.524. The van der Waals surface area contributed by atoms with Crippen LogP contribution < -0.4 is 0 Å². The number of hydrogen-bond acceptors (Lipinski definition) is 5. The molecule has 8 heteroatoms. The fourth-order valence-electron chi connectivity index (χ4n) is 2.89. The SMILES string of the molecule is CN(Cc1csc(Br)c1)Cn1nc(-c2ccncc2)n(C2CC2)c1=S. The summed E-state index contributed by atoms with van der Waals surface area (Å²) < 4.78 is 6.10. The average Bonchev–Trinajstić information content (AvgIpc) is 3.28. The summed E-state index contributed by atoms with van der Waals surface area (Å²) >= 11 is 11.0. The van der Waals surface area contributed by atoms with Gasteiger partial charge >= 0.3 is 0 Å². The highest BCUT2D eigenvalue weighted by Crippen LogP contribution is 2.38. The Labute approximate surface area is 164 Å². The Kier molecular flexibility index (Phi) is 4.86. The summed E-state index contributed by atoms with van der Waals surface area (Å²) in [7, 11) is 2.09. The molecule has 3 aromatic heterocycles. The second-order valence-corrected chi connectivity index (χ2v) is 9.01. The highest BCUT2D eigenvalue weighted by Gasteiger charge is 2.29. The standard InChI is InChI=1S/C17H18BrN5S2/c1-21(9-12-8-15(18)25-10-12)11-22-17(24)23(14-2-3-14)16(20-22)13-4-6-19-7-5-13/h4-8,10,14H,2-3,9,11H2,1H3. The van der Waals surface area contributed by atoms with Crippen molar-refractivity contribution in [1.82, 2.24) is 24.2 Å². The topological polar surface area (TPSA) is 38.9 Å². The van der Waals surface area contributed by atoms with Gasteiger partial charge in [-0.05, 0) is 77.2 Å². The first-order chi connectivity index (χ1) is 12.1. The minimum absolute atomic E-state index is 0.488. The number of hydrogen-bond donors (Lipinski definition) is 0. The molecular weight excluding hydrogens is 418 g/mol. The molecule has 1 aliphatic carbocycles. The Morgan fingerprint density at radius 2 is 2.12 bits per heavy atom. The van der Waals surface area contributed by atoms with Gasteiger partial charge in [-0.25, -0.2) is 4.68 Å². The minimum atomic E-state index is 0.488. The molecule has 3 aromatic rings. The average molecular weight is 436 g/mol. The number of pyridine rings is 1. The fraction of sp³-hybridized carbons (Fsp3) is 0.353. The second kappa shape index (κ2) is 7.11. The summed E-state index contributed by atoms with van der Waals surface area (Å²) in [5, 5.41) is 7.00. The predicted molar refractivity (Wildman–Crippen MR) is 106 cm³/mol. The lowest BCUT2D eigenvalue weighted by Gasteiger charge is -2.15. The molecular formula is C17H18BrN5S2. The molecule has 1 aliphatic rings. The first-order valence-electron chi connectivity index (χ1n) is 8.13. The lowest BCUT2D eigenvalue weighted by atomic mass is 10.2. The van der Waals surface area contributed by atoms with Crippen molar-refractivity contribution in [3.05, 3.63) is 50.1 Å². The van der Waals surface area contributed by atoms with Gasteiger partial charge in [0.25, 0.3) is 0 Å². The maximum absolute atomic E-state index is 5.73. The summed E-state index contributed by atoms with van der Waals surface area (Å²) in [5.41, 5.74) is 2.36. The Balaban J connectivity index is 1.60. The monoisotopic (exact) mass is 435 g/mol. The zero-order chi connectivity index (χ0) is 17.4. The molecule has 0 amide bonds. The van der Waals surface area contributed by atoms with Gasteiger partial charge in [0.15, 0.2) is 10.6 Å². The van der Waals surface area contributed by atoms with Crippen molar-refractivity contribution in [3.8, 4) is 11.4 Å². The van der Waals surface area contributed by atoms with Gasteiger partial charge in [-0.15, -0.1) is 11.3 Å². The van der Waals surface area contributed by atoms with E-state index >= 15 is 0 Å². The number of aromatic nitrogens is 4. The van der Waals surface area contributed by atoms with Gasteiger partial charge in [-0.1, -0.05) is 0 Å². The van der Waals surface area contributed by atoms with Crippen LogP contribution in [0.15, 0.2) is 39.8 Å². The van der Waals surface area contributed by atoms with E-state index in [1.54, 1.807) is 23.7 Å². The molecule has 25 heavy (non-hydrogen) atoms. The Morgan fingerprint density at radius 3 is 2.76 bits per heavy atom. The van der Waals surface area contributed by atoms with E-state index in [4.69, 9.17) is 17.3 Å². The van der Waals surface area contributed by atoms with Crippen LogP contribution in [0.5, 0.6) is 0 Å². The van der Waals surface area contributed by atoms with Crippen LogP contribution in [0.2, 0.25) is 0 Å². The lowest BCUT2D eigenvalue weighted by Crippen LogP contribution is -2.22. The third-order valence-corrected chi connectivity index (χ3v) is 6.13. The van der Waals surface area contributed by atoms with E-state index in [1.165, 1.54) is 18.4 Å². The molecule has 0 radical (unpaired) electrons. The first kappa shape index (κ1) is 17.1. The van der Waals surface area contributed by atoms with Crippen LogP contribution in [0.3, 0.4) is 0 Å². The molecule has 0 aromatic carbocycles. The lowest BCUT2D eigenvalue weighted by molar-refractivity contribution is 0.244. The van der Waals surface area contributed by atoms with E-state index in [2.05, 4.69) is 48.9 Å². The number of rotatable bonds is 6. The van der Waals surface area contributed by atoms with E-state index in [0.29, 0.717) is 12.7 Å². The summed E-state index contributed by atoms with van der Waals surface area (Å²) in [6.07, 6.45) is 5.96. The summed E-state index contributed by atoms with van der Waals surface area (Å²) in [6.45, 7) is 1.54. The zero-order valence-corrected chi connectivity index (χ0v) is 17.0. The van der Waals surface area contributed by atoms with Gasteiger partial charge in [0.2, 0.25) is 0 Å². The largest absolute Gasteiger partial charge is 0.297 e. The van der Waals surface area contributed by atoms with Crippen molar-refractivity contribution >= 4 is 39.5 Å². The van der Waals surface area contributed by atoms with E-state index in [9.17, 15) is 0 Å². The molecule has 5 nitrogen and oxygen atoms in total. The van der Waals surface area contributed by atoms with Crippen LogP contribution in [0.25, 0.3) is 11.4 Å². The van der Waals surface area contributed by atoms with Crippen molar-refractivity contribution < 1.29 is 0 Å². The molecule has 3 heterocycles. The van der Waals surface area contributed by atoms with Gasteiger partial charge in [0.1, 0.15) is 0 Å². The third kappa shape index (κ3) is 3.76. The van der Waals surface area contributed by atoms with E-state index < -0.39 is 0 Å². The molecule has 1 fully saturated rings. The van der Waals surface area contributed by atoms with Crippen molar-refractivity contribution in [1.29, 1.82) is 0 Å². The molecule has 0 unspecified atom stereocenters. The van der Waals surface area contributed by atoms with Crippen LogP contribution in [0, 0.1) is 4.77 Å². The molecule has 0 aliphatic heterocycles. The maximum Gasteiger partial charge on any atom is 0.199 e. The van der Waals surface area contributed by atoms with Gasteiger partial charge in [-0.2, -0.15) is 5.10 Å². The van der Waals surface area contributed by atoms with Crippen LogP contribution in [0.4, 0.5) is 0 Å². The van der Waals surface area contributed by atoms with Crippen molar-refractivity contribution in [2.75, 3.05) is 7.05 Å². The molecule has 130 valence electrons. The fourth-order valence-corrected chi connectivity index (χ4v) is 4.43. The van der Waals surface area contributed by atoms with Gasteiger partial charge in [-0.3, -0.25) is 14.5 Å². The molecule has 0 saturated heterocycles. The highest BCUT2D eigenvalue weighted by atomic mass is 79.9. The Hall–Kier alpha value is -1.35. The van der Waals surface area contributed by atoms with Crippen LogP contribution in [-0.4, -0.2) is 31.3 Å². The smallest absolute Gasteiger partial charge is 0.199 e. The van der Waals surface area contributed by atoms with Gasteiger partial charge in [0, 0.05) is 30.5 Å². The van der Waals surface area contributed by atoms with Gasteiger partial charge in [0.05, 0.1) is 10.5 Å². The summed E-state index contributed by atoms with van der Waals surface area (Å²) in [4.78, 5) is 6.33. The molecule has 1 saturated carbocycles. The van der Waals surface area contributed by atoms with Crippen LogP contribution in [0.1, 0.15) is 24.4 Å². The molecule has 0 spiro atoms. The number of halogens is 1. The van der Waals surface area contributed by atoms with Crippen molar-refractivity contribution in [2.24, 2.45) is 0 Å². The Bertz CT molecular complexity index is 926. The number of nitrogens with zero attached hydrogens (tertiary/aromatic N) is 5. The van der Waals surface area contributed by atoms with Gasteiger partial charge < -0.3 is 0 Å². The molecule has 0 atom stereocenters. The molecule has 0 N–H and O–H groups in total.